The van der Waals surface area contributed by atoms with Gasteiger partial charge in [-0.3, -0.25) is 20.4 Å². The summed E-state index contributed by atoms with van der Waals surface area (Å²) >= 11 is 0. The fraction of sp³-hybridized carbons (Fsp3) is 0.171. The van der Waals surface area contributed by atoms with Crippen LogP contribution in [0.4, 0.5) is 18.9 Å². The molecule has 256 valence electrons. The molecule has 0 saturated carbocycles. The van der Waals surface area contributed by atoms with Crippen LogP contribution in [0.2, 0.25) is 0 Å². The Labute approximate surface area is 280 Å². The monoisotopic (exact) mass is 677 g/mol. The van der Waals surface area contributed by atoms with Gasteiger partial charge in [0.1, 0.15) is 23.4 Å². The highest BCUT2D eigenvalue weighted by molar-refractivity contribution is 5.99. The second-order valence-corrected chi connectivity index (χ2v) is 10.6. The van der Waals surface area contributed by atoms with Crippen LogP contribution in [0.5, 0.6) is 23.0 Å². The van der Waals surface area contributed by atoms with E-state index in [0.717, 1.165) is 0 Å². The second-order valence-electron chi connectivity index (χ2n) is 10.6. The van der Waals surface area contributed by atoms with Gasteiger partial charge in [-0.25, -0.2) is 4.99 Å². The van der Waals surface area contributed by atoms with E-state index in [1.165, 1.54) is 0 Å². The number of ether oxygens (including phenoxy) is 3. The molecule has 2 amide bonds. The molecule has 14 heteroatoms. The number of alkyl halides is 3. The van der Waals surface area contributed by atoms with E-state index < -0.39 is 29.8 Å². The number of aliphatic hydroxyl groups is 1. The molecule has 0 saturated heterocycles. The average Bonchev–Trinajstić information content (AvgIpc) is 3.08. The number of carbonyl (C=O) groups is 2. The number of benzene rings is 4. The van der Waals surface area contributed by atoms with E-state index in [0.29, 0.717) is 45.6 Å². The van der Waals surface area contributed by atoms with Gasteiger partial charge in [0.15, 0.2) is 24.0 Å². The maximum Gasteiger partial charge on any atom is 0.448 e. The molecule has 2 heterocycles. The zero-order chi connectivity index (χ0) is 35.6. The minimum absolute atomic E-state index is 0.0453. The van der Waals surface area contributed by atoms with Crippen molar-refractivity contribution >= 4 is 23.3 Å². The van der Waals surface area contributed by atoms with Crippen molar-refractivity contribution < 1.29 is 42.1 Å². The molecule has 6 N–H and O–H groups in total. The largest absolute Gasteiger partial charge is 0.505 e. The molecule has 2 aliphatic heterocycles. The number of anilines is 1. The van der Waals surface area contributed by atoms with Gasteiger partial charge < -0.3 is 30.4 Å². The fourth-order valence-electron chi connectivity index (χ4n) is 4.25. The molecule has 2 aliphatic rings. The summed E-state index contributed by atoms with van der Waals surface area (Å²) in [5, 5.41) is 10.8. The number of hydrogen-bond donors (Lipinski definition) is 5. The quantitative estimate of drug-likeness (QED) is 0.114. The van der Waals surface area contributed by atoms with Crippen molar-refractivity contribution in [1.29, 1.82) is 0 Å². The minimum atomic E-state index is -4.64. The number of hydrogen-bond acceptors (Lipinski definition) is 9. The van der Waals surface area contributed by atoms with Crippen LogP contribution in [0.25, 0.3) is 0 Å². The molecule has 1 atom stereocenters. The van der Waals surface area contributed by atoms with Crippen LogP contribution in [-0.4, -0.2) is 41.8 Å². The number of allylic oxidation sites excluding steroid dienone is 1. The summed E-state index contributed by atoms with van der Waals surface area (Å²) < 4.78 is 50.2. The number of carbonyl (C=O) groups excluding carboxylic acids is 2. The predicted octanol–water partition coefficient (Wildman–Crippen LogP) is 6.56. The number of amides is 2. The SMILES string of the molecule is C=C(O)C(F)(F)F.CC(C)Oc1ccc2cc1OC/N=C(/N)c1ccc(cc1)NC2C(=O)NNC(=O)c1ccccc1Oc1ccccc1. The van der Waals surface area contributed by atoms with Gasteiger partial charge in [-0.2, -0.15) is 13.2 Å². The van der Waals surface area contributed by atoms with Gasteiger partial charge in [0.2, 0.25) is 0 Å². The number of nitrogens with zero attached hydrogens (tertiary/aromatic N) is 1. The molecule has 4 bridgehead atoms. The van der Waals surface area contributed by atoms with Crippen molar-refractivity contribution in [2.75, 3.05) is 12.0 Å². The molecule has 0 spiro atoms. The maximum atomic E-state index is 13.6. The molecule has 1 unspecified atom stereocenters. The van der Waals surface area contributed by atoms with Crippen molar-refractivity contribution in [3.05, 3.63) is 126 Å². The lowest BCUT2D eigenvalue weighted by molar-refractivity contribution is -0.122. The van der Waals surface area contributed by atoms with Crippen LogP contribution >= 0.6 is 0 Å². The Kier molecular flexibility index (Phi) is 11.7. The first kappa shape index (κ1) is 35.7. The zero-order valence-corrected chi connectivity index (χ0v) is 26.5. The number of aliphatic hydroxyl groups excluding tert-OH is 1. The van der Waals surface area contributed by atoms with Gasteiger partial charge in [-0.1, -0.05) is 43.0 Å². The number of halogens is 3. The van der Waals surface area contributed by atoms with Crippen molar-refractivity contribution in [2.45, 2.75) is 32.2 Å². The number of fused-ring (bicyclic) bond motifs is 5. The third-order valence-electron chi connectivity index (χ3n) is 6.60. The molecule has 4 aromatic carbocycles. The van der Waals surface area contributed by atoms with Gasteiger partial charge in [-0.15, -0.1) is 0 Å². The van der Waals surface area contributed by atoms with Crippen molar-refractivity contribution in [1.82, 2.24) is 10.9 Å². The average molecular weight is 678 g/mol. The molecule has 11 nitrogen and oxygen atoms in total. The van der Waals surface area contributed by atoms with Crippen LogP contribution in [-0.2, 0) is 4.79 Å². The highest BCUT2D eigenvalue weighted by Crippen LogP contribution is 2.33. The Bertz CT molecular complexity index is 1800. The van der Waals surface area contributed by atoms with Crippen molar-refractivity contribution in [2.24, 2.45) is 10.7 Å². The molecule has 6 rings (SSSR count). The normalized spacial score (nSPS) is 14.8. The molecular formula is C35H34F3N5O6. The molecule has 49 heavy (non-hydrogen) atoms. The molecule has 0 radical (unpaired) electrons. The number of para-hydroxylation sites is 2. The maximum absolute atomic E-state index is 13.6. The van der Waals surface area contributed by atoms with Gasteiger partial charge in [0.25, 0.3) is 11.8 Å². The van der Waals surface area contributed by atoms with Gasteiger partial charge in [0, 0.05) is 11.3 Å². The second kappa shape index (κ2) is 16.1. The summed E-state index contributed by atoms with van der Waals surface area (Å²) in [6, 6.07) is 27.4. The first-order chi connectivity index (χ1) is 23.3. The van der Waals surface area contributed by atoms with E-state index in [-0.39, 0.29) is 18.4 Å². The summed E-state index contributed by atoms with van der Waals surface area (Å²) in [5.74, 6) is -0.667. The fourth-order valence-corrected chi connectivity index (χ4v) is 4.25. The first-order valence-electron chi connectivity index (χ1n) is 14.8. The Morgan fingerprint density at radius 1 is 0.980 bits per heavy atom. The van der Waals surface area contributed by atoms with Crippen molar-refractivity contribution in [3.8, 4) is 23.0 Å². The Morgan fingerprint density at radius 2 is 1.63 bits per heavy atom. The summed E-state index contributed by atoms with van der Waals surface area (Å²) in [7, 11) is 0. The highest BCUT2D eigenvalue weighted by Gasteiger charge is 2.31. The van der Waals surface area contributed by atoms with E-state index >= 15 is 0 Å². The Balaban J connectivity index is 0.000000698. The summed E-state index contributed by atoms with van der Waals surface area (Å²) in [6.45, 7) is 6.02. The number of hydrazine groups is 1. The van der Waals surface area contributed by atoms with E-state index in [4.69, 9.17) is 25.1 Å². The van der Waals surface area contributed by atoms with E-state index in [9.17, 15) is 22.8 Å². The zero-order valence-electron chi connectivity index (χ0n) is 26.5. The van der Waals surface area contributed by atoms with E-state index in [2.05, 4.69) is 27.7 Å². The van der Waals surface area contributed by atoms with Crippen LogP contribution < -0.4 is 36.1 Å². The highest BCUT2D eigenvalue weighted by atomic mass is 19.4. The number of nitrogens with two attached hydrogens (primary N) is 1. The van der Waals surface area contributed by atoms with Crippen LogP contribution in [0.1, 0.15) is 41.4 Å². The van der Waals surface area contributed by atoms with Crippen LogP contribution in [0.3, 0.4) is 0 Å². The third kappa shape index (κ3) is 10.2. The molecule has 0 aromatic heterocycles. The predicted molar refractivity (Wildman–Crippen MR) is 178 cm³/mol. The Morgan fingerprint density at radius 3 is 2.29 bits per heavy atom. The topological polar surface area (TPSA) is 157 Å². The molecule has 4 aromatic rings. The molecule has 0 fully saturated rings. The number of aliphatic imine (C=N–C) groups is 1. The third-order valence-corrected chi connectivity index (χ3v) is 6.60. The van der Waals surface area contributed by atoms with Crippen LogP contribution in [0, 0.1) is 0 Å². The minimum Gasteiger partial charge on any atom is -0.505 e. The lowest BCUT2D eigenvalue weighted by Crippen LogP contribution is -2.45. The summed E-state index contributed by atoms with van der Waals surface area (Å²) in [6.07, 6.45) is -4.75. The number of nitrogens with one attached hydrogen (secondary N) is 3. The van der Waals surface area contributed by atoms with Crippen molar-refractivity contribution in [3.63, 3.8) is 0 Å². The molecular weight excluding hydrogens is 643 g/mol. The van der Waals surface area contributed by atoms with E-state index in [1.807, 2.05) is 32.0 Å². The standard InChI is InChI=1S/C32H31N5O5.C3H3F3O/c1-20(2)41-27-17-14-22-18-28(27)40-19-34-30(33)21-12-15-23(16-13-21)35-29(22)32(39)37-36-31(38)25-10-6-7-11-26(25)42-24-8-4-3-5-9-24;1-2(7)3(4,5)6/h3-18,20,29,35H,19H2,1-2H3,(H2,33,34)(H,36,38)(H,37,39);7H,1H2. The first-order valence-corrected chi connectivity index (χ1v) is 14.8. The summed E-state index contributed by atoms with van der Waals surface area (Å²) in [4.78, 5) is 31.1. The Hall–Kier alpha value is -6.18. The number of amidine groups is 1. The lowest BCUT2D eigenvalue weighted by Gasteiger charge is -2.22. The number of rotatable bonds is 6. The smallest absolute Gasteiger partial charge is 0.448 e. The lowest BCUT2D eigenvalue weighted by atomic mass is 10.0. The van der Waals surface area contributed by atoms with Gasteiger partial charge in [0.05, 0.1) is 11.7 Å². The van der Waals surface area contributed by atoms with Gasteiger partial charge in [-0.05, 0) is 80.1 Å². The molecule has 0 aliphatic carbocycles. The van der Waals surface area contributed by atoms with Gasteiger partial charge >= 0.3 is 6.18 Å². The van der Waals surface area contributed by atoms with Crippen LogP contribution in [0.15, 0.2) is 114 Å². The van der Waals surface area contributed by atoms with E-state index in [1.54, 1.807) is 78.9 Å². The summed E-state index contributed by atoms with van der Waals surface area (Å²) in [5.41, 5.74) is 13.4.